The van der Waals surface area contributed by atoms with Crippen molar-refractivity contribution in [1.82, 2.24) is 5.32 Å². The third-order valence-electron chi connectivity index (χ3n) is 5.46. The number of nitrogens with one attached hydrogen (secondary N) is 1. The average molecular weight is 347 g/mol. The van der Waals surface area contributed by atoms with Gasteiger partial charge in [-0.2, -0.15) is 0 Å². The highest BCUT2D eigenvalue weighted by atomic mass is 16.6. The van der Waals surface area contributed by atoms with Crippen molar-refractivity contribution in [3.8, 4) is 0 Å². The van der Waals surface area contributed by atoms with Crippen LogP contribution in [0.15, 0.2) is 18.2 Å². The molecule has 2 atom stereocenters. The van der Waals surface area contributed by atoms with Crippen LogP contribution in [0, 0.1) is 21.4 Å². The lowest BCUT2D eigenvalue weighted by Gasteiger charge is -2.25. The quantitative estimate of drug-likeness (QED) is 0.506. The summed E-state index contributed by atoms with van der Waals surface area (Å²) in [5, 5.41) is 14.0. The van der Waals surface area contributed by atoms with Crippen molar-refractivity contribution in [1.29, 1.82) is 0 Å². The first-order chi connectivity index (χ1) is 11.9. The second-order valence-electron chi connectivity index (χ2n) is 6.66. The molecule has 134 valence electrons. The smallest absolute Gasteiger partial charge is 0.313 e. The second kappa shape index (κ2) is 6.34. The minimum absolute atomic E-state index is 0.124. The normalized spacial score (nSPS) is 24.7. The van der Waals surface area contributed by atoms with Gasteiger partial charge in [0.25, 0.3) is 11.6 Å². The lowest BCUT2D eigenvalue weighted by Crippen LogP contribution is -2.37. The minimum Gasteiger partial charge on any atom is -0.469 e. The summed E-state index contributed by atoms with van der Waals surface area (Å²) in [5.74, 6) is -0.473. The van der Waals surface area contributed by atoms with Gasteiger partial charge in [-0.3, -0.25) is 19.7 Å². The summed E-state index contributed by atoms with van der Waals surface area (Å²) in [6.07, 6.45) is 2.62. The summed E-state index contributed by atoms with van der Waals surface area (Å²) in [4.78, 5) is 37.0. The fourth-order valence-electron chi connectivity index (χ4n) is 4.23. The Morgan fingerprint density at radius 2 is 2.20 bits per heavy atom. The summed E-state index contributed by atoms with van der Waals surface area (Å²) >= 11 is 0. The van der Waals surface area contributed by atoms with E-state index in [9.17, 15) is 19.7 Å². The van der Waals surface area contributed by atoms with Crippen LogP contribution >= 0.6 is 0 Å². The highest BCUT2D eigenvalue weighted by Crippen LogP contribution is 2.51. The molecule has 8 nitrogen and oxygen atoms in total. The Kier molecular flexibility index (Phi) is 4.36. The molecule has 8 heteroatoms. The van der Waals surface area contributed by atoms with Gasteiger partial charge in [-0.05, 0) is 30.9 Å². The number of nitro benzene ring substituents is 1. The van der Waals surface area contributed by atoms with Gasteiger partial charge in [-0.1, -0.05) is 6.42 Å². The number of ether oxygens (including phenoxy) is 1. The van der Waals surface area contributed by atoms with Crippen LogP contribution in [0.5, 0.6) is 0 Å². The Balaban J connectivity index is 1.96. The van der Waals surface area contributed by atoms with Gasteiger partial charge < -0.3 is 15.0 Å². The van der Waals surface area contributed by atoms with E-state index in [0.717, 1.165) is 19.3 Å². The van der Waals surface area contributed by atoms with Crippen molar-refractivity contribution in [3.05, 3.63) is 33.9 Å². The van der Waals surface area contributed by atoms with Crippen LogP contribution in [0.25, 0.3) is 0 Å². The van der Waals surface area contributed by atoms with Crippen LogP contribution < -0.4 is 10.2 Å². The number of benzene rings is 1. The number of methoxy groups -OCH3 is 1. The molecule has 1 heterocycles. The van der Waals surface area contributed by atoms with Gasteiger partial charge in [0, 0.05) is 31.8 Å². The molecule has 2 aliphatic rings. The van der Waals surface area contributed by atoms with Crippen LogP contribution in [-0.2, 0) is 9.53 Å². The second-order valence-corrected chi connectivity index (χ2v) is 6.66. The molecule has 1 aliphatic carbocycles. The summed E-state index contributed by atoms with van der Waals surface area (Å²) in [6, 6.07) is 4.45. The van der Waals surface area contributed by atoms with Gasteiger partial charge in [-0.15, -0.1) is 0 Å². The fraction of sp³-hybridized carbons (Fsp3) is 0.529. The van der Waals surface area contributed by atoms with Crippen molar-refractivity contribution in [2.75, 3.05) is 32.1 Å². The molecular weight excluding hydrogens is 326 g/mol. The van der Waals surface area contributed by atoms with Crippen LogP contribution in [0.3, 0.4) is 0 Å². The third kappa shape index (κ3) is 2.71. The summed E-state index contributed by atoms with van der Waals surface area (Å²) < 4.78 is 5.01. The molecule has 0 aromatic heterocycles. The highest BCUT2D eigenvalue weighted by Gasteiger charge is 2.56. The van der Waals surface area contributed by atoms with Gasteiger partial charge in [0.1, 0.15) is 5.69 Å². The Bertz CT molecular complexity index is 735. The number of anilines is 1. The lowest BCUT2D eigenvalue weighted by atomic mass is 9.81. The van der Waals surface area contributed by atoms with E-state index < -0.39 is 10.3 Å². The molecule has 1 saturated heterocycles. The van der Waals surface area contributed by atoms with E-state index >= 15 is 0 Å². The van der Waals surface area contributed by atoms with Crippen LogP contribution in [-0.4, -0.2) is 44.0 Å². The molecule has 2 fully saturated rings. The number of fused-ring (bicyclic) bond motifs is 1. The molecule has 1 aromatic carbocycles. The van der Waals surface area contributed by atoms with E-state index in [1.165, 1.54) is 20.2 Å². The predicted octanol–water partition coefficient (Wildman–Crippen LogP) is 1.73. The molecule has 1 aromatic rings. The maximum absolute atomic E-state index is 12.4. The number of nitrogens with zero attached hydrogens (tertiary/aromatic N) is 2. The van der Waals surface area contributed by atoms with Crippen LogP contribution in [0.2, 0.25) is 0 Å². The predicted molar refractivity (Wildman–Crippen MR) is 90.5 cm³/mol. The Morgan fingerprint density at radius 3 is 2.84 bits per heavy atom. The molecule has 1 N–H and O–H groups in total. The van der Waals surface area contributed by atoms with E-state index in [1.807, 2.05) is 4.90 Å². The van der Waals surface area contributed by atoms with Crippen LogP contribution in [0.4, 0.5) is 11.4 Å². The zero-order valence-electron chi connectivity index (χ0n) is 14.3. The van der Waals surface area contributed by atoms with Crippen molar-refractivity contribution in [2.45, 2.75) is 19.3 Å². The van der Waals surface area contributed by atoms with Crippen LogP contribution in [0.1, 0.15) is 29.6 Å². The molecule has 1 amide bonds. The Labute approximate surface area is 145 Å². The largest absolute Gasteiger partial charge is 0.469 e. The van der Waals surface area contributed by atoms with E-state index in [1.54, 1.807) is 12.1 Å². The summed E-state index contributed by atoms with van der Waals surface area (Å²) in [7, 11) is 2.86. The number of nitro groups is 1. The summed E-state index contributed by atoms with van der Waals surface area (Å²) in [5.41, 5.74) is -0.0290. The number of hydrogen-bond acceptors (Lipinski definition) is 6. The van der Waals surface area contributed by atoms with Gasteiger partial charge in [0.2, 0.25) is 0 Å². The van der Waals surface area contributed by atoms with Crippen molar-refractivity contribution < 1.29 is 19.2 Å². The molecular formula is C17H21N3O5. The Hall–Kier alpha value is -2.64. The molecule has 0 radical (unpaired) electrons. The molecule has 1 saturated carbocycles. The molecule has 2 unspecified atom stereocenters. The van der Waals surface area contributed by atoms with Gasteiger partial charge in [0.05, 0.1) is 17.4 Å². The van der Waals surface area contributed by atoms with E-state index in [2.05, 4.69) is 5.32 Å². The monoisotopic (exact) mass is 347 g/mol. The molecule has 0 bridgehead atoms. The number of esters is 1. The fourth-order valence-corrected chi connectivity index (χ4v) is 4.23. The van der Waals surface area contributed by atoms with E-state index in [0.29, 0.717) is 18.8 Å². The molecule has 3 rings (SSSR count). The average Bonchev–Trinajstić information content (AvgIpc) is 3.17. The van der Waals surface area contributed by atoms with Crippen molar-refractivity contribution in [3.63, 3.8) is 0 Å². The first-order valence-electron chi connectivity index (χ1n) is 8.27. The maximum atomic E-state index is 12.4. The number of carbonyl (C=O) groups is 2. The third-order valence-corrected chi connectivity index (χ3v) is 5.46. The van der Waals surface area contributed by atoms with E-state index in [4.69, 9.17) is 4.74 Å². The zero-order valence-corrected chi connectivity index (χ0v) is 14.3. The first-order valence-corrected chi connectivity index (χ1v) is 8.27. The minimum atomic E-state index is -0.581. The SMILES string of the molecule is CNC(=O)c1ccc(N2CC3CCCC3(C(=O)OC)C2)c([N+](=O)[O-])c1. The Morgan fingerprint density at radius 1 is 1.44 bits per heavy atom. The standard InChI is InChI=1S/C17H21N3O5/c1-18-15(21)11-5-6-13(14(8-11)20(23)24)19-9-12-4-3-7-17(12,10-19)16(22)25-2/h5-6,8,12H,3-4,7,9-10H2,1-2H3,(H,18,21). The van der Waals surface area contributed by atoms with Crippen molar-refractivity contribution >= 4 is 23.3 Å². The molecule has 1 aliphatic heterocycles. The van der Waals surface area contributed by atoms with Crippen molar-refractivity contribution in [2.24, 2.45) is 11.3 Å². The van der Waals surface area contributed by atoms with E-state index in [-0.39, 0.29) is 29.0 Å². The molecule has 0 spiro atoms. The van der Waals surface area contributed by atoms with Gasteiger partial charge in [-0.25, -0.2) is 0 Å². The topological polar surface area (TPSA) is 102 Å². The number of amides is 1. The van der Waals surface area contributed by atoms with Gasteiger partial charge >= 0.3 is 5.97 Å². The lowest BCUT2D eigenvalue weighted by molar-refractivity contribution is -0.384. The summed E-state index contributed by atoms with van der Waals surface area (Å²) in [6.45, 7) is 0.986. The van der Waals surface area contributed by atoms with Gasteiger partial charge in [0.15, 0.2) is 0 Å². The molecule has 25 heavy (non-hydrogen) atoms. The first kappa shape index (κ1) is 17.2. The number of hydrogen-bond donors (Lipinski definition) is 1. The number of carbonyl (C=O) groups excluding carboxylic acids is 2. The maximum Gasteiger partial charge on any atom is 0.313 e. The highest BCUT2D eigenvalue weighted by molar-refractivity contribution is 5.95. The number of rotatable bonds is 4. The zero-order chi connectivity index (χ0) is 18.2.